The smallest absolute Gasteiger partial charge is 0.0858 e. The Labute approximate surface area is 146 Å². The molecular weight excluding hydrogens is 296 g/mol. The van der Waals surface area contributed by atoms with Gasteiger partial charge in [-0.3, -0.25) is 0 Å². The van der Waals surface area contributed by atoms with Crippen molar-refractivity contribution in [2.45, 2.75) is 69.6 Å². The molecule has 1 heterocycles. The fourth-order valence-corrected chi connectivity index (χ4v) is 4.78. The number of hydrogen-bond donors (Lipinski definition) is 2. The van der Waals surface area contributed by atoms with Crippen LogP contribution < -0.4 is 5.32 Å². The van der Waals surface area contributed by atoms with Crippen molar-refractivity contribution in [3.8, 4) is 0 Å². The Hall–Kier alpha value is -0.900. The van der Waals surface area contributed by atoms with E-state index in [4.69, 9.17) is 0 Å². The zero-order valence-electron chi connectivity index (χ0n) is 14.8. The van der Waals surface area contributed by atoms with Crippen molar-refractivity contribution in [2.75, 3.05) is 19.6 Å². The van der Waals surface area contributed by atoms with E-state index < -0.39 is 0 Å². The lowest BCUT2D eigenvalue weighted by atomic mass is 9.92. The van der Waals surface area contributed by atoms with Crippen LogP contribution in [0.5, 0.6) is 0 Å². The Kier molecular flexibility index (Phi) is 4.93. The third-order valence-electron chi connectivity index (χ3n) is 6.70. The maximum absolute atomic E-state index is 10.8. The molecule has 1 aliphatic heterocycles. The molecule has 4 rings (SSSR count). The Morgan fingerprint density at radius 2 is 1.71 bits per heavy atom. The molecule has 1 atom stereocenters. The van der Waals surface area contributed by atoms with Crippen molar-refractivity contribution in [1.29, 1.82) is 0 Å². The van der Waals surface area contributed by atoms with Gasteiger partial charge in [0.25, 0.3) is 0 Å². The van der Waals surface area contributed by atoms with Crippen LogP contribution in [-0.4, -0.2) is 41.7 Å². The fourth-order valence-electron chi connectivity index (χ4n) is 4.78. The highest BCUT2D eigenvalue weighted by atomic mass is 16.3. The van der Waals surface area contributed by atoms with E-state index in [9.17, 15) is 5.11 Å². The third-order valence-corrected chi connectivity index (χ3v) is 6.70. The number of aliphatic hydroxyl groups excluding tert-OH is 1. The van der Waals surface area contributed by atoms with E-state index in [0.29, 0.717) is 6.04 Å². The topological polar surface area (TPSA) is 35.5 Å². The SMILES string of the molecule is OC(c1ccccc1)C1(CNC2CCN(C3CCCC3)CC2)CC1. The molecule has 0 amide bonds. The van der Waals surface area contributed by atoms with Crippen LogP contribution >= 0.6 is 0 Å². The van der Waals surface area contributed by atoms with Gasteiger partial charge in [0.05, 0.1) is 6.10 Å². The summed E-state index contributed by atoms with van der Waals surface area (Å²) < 4.78 is 0. The molecule has 0 bridgehead atoms. The molecule has 2 N–H and O–H groups in total. The van der Waals surface area contributed by atoms with Crippen LogP contribution in [0.3, 0.4) is 0 Å². The van der Waals surface area contributed by atoms with E-state index in [0.717, 1.165) is 31.0 Å². The minimum absolute atomic E-state index is 0.0872. The maximum atomic E-state index is 10.8. The van der Waals surface area contributed by atoms with Crippen LogP contribution in [0.25, 0.3) is 0 Å². The maximum Gasteiger partial charge on any atom is 0.0858 e. The molecule has 1 aromatic carbocycles. The Balaban J connectivity index is 1.25. The molecule has 3 heteroatoms. The normalized spacial score (nSPS) is 26.5. The summed E-state index contributed by atoms with van der Waals surface area (Å²) in [5.41, 5.74) is 1.16. The molecule has 1 saturated heterocycles. The van der Waals surface area contributed by atoms with Gasteiger partial charge in [0.1, 0.15) is 0 Å². The first-order valence-corrected chi connectivity index (χ1v) is 9.97. The number of nitrogens with one attached hydrogen (secondary N) is 1. The van der Waals surface area contributed by atoms with Crippen molar-refractivity contribution in [2.24, 2.45) is 5.41 Å². The lowest BCUT2D eigenvalue weighted by molar-refractivity contribution is 0.0844. The van der Waals surface area contributed by atoms with Crippen molar-refractivity contribution in [1.82, 2.24) is 10.2 Å². The fraction of sp³-hybridized carbons (Fsp3) is 0.714. The first-order chi connectivity index (χ1) is 11.8. The number of rotatable bonds is 6. The summed E-state index contributed by atoms with van der Waals surface area (Å²) in [5, 5.41) is 14.6. The second kappa shape index (κ2) is 7.15. The van der Waals surface area contributed by atoms with E-state index >= 15 is 0 Å². The van der Waals surface area contributed by atoms with Gasteiger partial charge in [-0.1, -0.05) is 43.2 Å². The number of benzene rings is 1. The van der Waals surface area contributed by atoms with Gasteiger partial charge in [0.2, 0.25) is 0 Å². The Bertz CT molecular complexity index is 514. The molecule has 3 fully saturated rings. The minimum Gasteiger partial charge on any atom is -0.388 e. The number of aliphatic hydroxyl groups is 1. The van der Waals surface area contributed by atoms with Crippen molar-refractivity contribution >= 4 is 0 Å². The standard InChI is InChI=1S/C21H32N2O/c24-20(17-6-2-1-3-7-17)21(12-13-21)16-22-18-10-14-23(15-11-18)19-8-4-5-9-19/h1-3,6-7,18-20,22,24H,4-5,8-16H2. The van der Waals surface area contributed by atoms with Gasteiger partial charge in [-0.25, -0.2) is 0 Å². The lowest BCUT2D eigenvalue weighted by Gasteiger charge is -2.37. The van der Waals surface area contributed by atoms with Gasteiger partial charge in [-0.2, -0.15) is 0 Å². The average molecular weight is 329 g/mol. The molecule has 2 saturated carbocycles. The Morgan fingerprint density at radius 3 is 2.33 bits per heavy atom. The van der Waals surface area contributed by atoms with Gasteiger partial charge >= 0.3 is 0 Å². The van der Waals surface area contributed by atoms with Crippen LogP contribution in [0.2, 0.25) is 0 Å². The molecule has 0 aromatic heterocycles. The highest BCUT2D eigenvalue weighted by Crippen LogP contribution is 2.54. The van der Waals surface area contributed by atoms with Crippen LogP contribution in [0, 0.1) is 5.41 Å². The third kappa shape index (κ3) is 3.54. The molecular formula is C21H32N2O. The van der Waals surface area contributed by atoms with E-state index in [1.165, 1.54) is 51.6 Å². The minimum atomic E-state index is -0.315. The molecule has 0 spiro atoms. The number of piperidine rings is 1. The van der Waals surface area contributed by atoms with Crippen molar-refractivity contribution in [3.05, 3.63) is 35.9 Å². The summed E-state index contributed by atoms with van der Waals surface area (Å²) in [4.78, 5) is 2.73. The molecule has 1 unspecified atom stereocenters. The van der Waals surface area contributed by atoms with Crippen molar-refractivity contribution < 1.29 is 5.11 Å². The second-order valence-corrected chi connectivity index (χ2v) is 8.31. The zero-order valence-corrected chi connectivity index (χ0v) is 14.8. The molecule has 2 aliphatic carbocycles. The zero-order chi connectivity index (χ0) is 16.4. The average Bonchev–Trinajstić information content (AvgIpc) is 3.24. The molecule has 3 aliphatic rings. The number of likely N-dealkylation sites (tertiary alicyclic amines) is 1. The predicted octanol–water partition coefficient (Wildman–Crippen LogP) is 3.50. The summed E-state index contributed by atoms with van der Waals surface area (Å²) in [6, 6.07) is 11.7. The van der Waals surface area contributed by atoms with E-state index in [-0.39, 0.29) is 11.5 Å². The molecule has 132 valence electrons. The number of hydrogen-bond acceptors (Lipinski definition) is 3. The van der Waals surface area contributed by atoms with E-state index in [1.807, 2.05) is 18.2 Å². The molecule has 1 aromatic rings. The molecule has 0 radical (unpaired) electrons. The monoisotopic (exact) mass is 328 g/mol. The molecule has 3 nitrogen and oxygen atoms in total. The van der Waals surface area contributed by atoms with Crippen LogP contribution in [0.15, 0.2) is 30.3 Å². The number of nitrogens with zero attached hydrogens (tertiary/aromatic N) is 1. The summed E-state index contributed by atoms with van der Waals surface area (Å²) >= 11 is 0. The lowest BCUT2D eigenvalue weighted by Crippen LogP contribution is -2.47. The van der Waals surface area contributed by atoms with Gasteiger partial charge in [-0.15, -0.1) is 0 Å². The van der Waals surface area contributed by atoms with Crippen LogP contribution in [0.1, 0.15) is 63.0 Å². The highest BCUT2D eigenvalue weighted by molar-refractivity contribution is 5.22. The summed E-state index contributed by atoms with van der Waals surface area (Å²) in [6.45, 7) is 3.49. The predicted molar refractivity (Wildman–Crippen MR) is 97.9 cm³/mol. The largest absolute Gasteiger partial charge is 0.388 e. The quantitative estimate of drug-likeness (QED) is 0.839. The van der Waals surface area contributed by atoms with Crippen LogP contribution in [0.4, 0.5) is 0 Å². The first kappa shape index (κ1) is 16.6. The highest BCUT2D eigenvalue weighted by Gasteiger charge is 2.49. The first-order valence-electron chi connectivity index (χ1n) is 9.97. The van der Waals surface area contributed by atoms with Gasteiger partial charge in [0.15, 0.2) is 0 Å². The second-order valence-electron chi connectivity index (χ2n) is 8.31. The van der Waals surface area contributed by atoms with Gasteiger partial charge in [-0.05, 0) is 57.2 Å². The summed E-state index contributed by atoms with van der Waals surface area (Å²) in [7, 11) is 0. The van der Waals surface area contributed by atoms with Crippen molar-refractivity contribution in [3.63, 3.8) is 0 Å². The Morgan fingerprint density at radius 1 is 1.04 bits per heavy atom. The van der Waals surface area contributed by atoms with Gasteiger partial charge < -0.3 is 15.3 Å². The van der Waals surface area contributed by atoms with E-state index in [2.05, 4.69) is 22.3 Å². The molecule has 24 heavy (non-hydrogen) atoms. The summed E-state index contributed by atoms with van der Waals surface area (Å²) in [6.07, 6.45) is 10.2. The van der Waals surface area contributed by atoms with Crippen LogP contribution in [-0.2, 0) is 0 Å². The van der Waals surface area contributed by atoms with Gasteiger partial charge in [0, 0.05) is 24.0 Å². The van der Waals surface area contributed by atoms with E-state index in [1.54, 1.807) is 0 Å². The summed E-state index contributed by atoms with van der Waals surface area (Å²) in [5.74, 6) is 0.